The fourth-order valence-corrected chi connectivity index (χ4v) is 2.02. The van der Waals surface area contributed by atoms with Gasteiger partial charge < -0.3 is 15.7 Å². The number of aryl methyl sites for hydroxylation is 1. The third-order valence-electron chi connectivity index (χ3n) is 3.42. The fraction of sp³-hybridized carbons (Fsp3) is 0.278. The zero-order valence-electron chi connectivity index (χ0n) is 13.2. The van der Waals surface area contributed by atoms with Gasteiger partial charge in [0.25, 0.3) is 0 Å². The molecule has 4 nitrogen and oxygen atoms in total. The van der Waals surface area contributed by atoms with Crippen molar-refractivity contribution >= 4 is 11.7 Å². The number of benzene rings is 2. The molecule has 0 spiro atoms. The lowest BCUT2D eigenvalue weighted by molar-refractivity contribution is 0.0786. The minimum absolute atomic E-state index is 0.240. The molecule has 0 aliphatic carbocycles. The summed E-state index contributed by atoms with van der Waals surface area (Å²) < 4.78 is 0. The van der Waals surface area contributed by atoms with E-state index in [9.17, 15) is 9.90 Å². The van der Waals surface area contributed by atoms with Gasteiger partial charge in [-0.05, 0) is 44.0 Å². The van der Waals surface area contributed by atoms with Crippen molar-refractivity contribution in [1.29, 1.82) is 0 Å². The number of rotatable bonds is 4. The minimum atomic E-state index is -0.852. The zero-order valence-corrected chi connectivity index (χ0v) is 13.2. The molecule has 0 fully saturated rings. The van der Waals surface area contributed by atoms with Crippen molar-refractivity contribution in [2.24, 2.45) is 0 Å². The molecule has 0 saturated carbocycles. The summed E-state index contributed by atoms with van der Waals surface area (Å²) in [6.45, 7) is 5.93. The van der Waals surface area contributed by atoms with Crippen molar-refractivity contribution in [1.82, 2.24) is 5.32 Å². The SMILES string of the molecule is Cc1ccc(NC(=O)NCc2ccc(C(C)(C)O)cc2)cc1. The van der Waals surface area contributed by atoms with E-state index in [2.05, 4.69) is 10.6 Å². The Bertz CT molecular complexity index is 626. The summed E-state index contributed by atoms with van der Waals surface area (Å²) in [5.41, 5.74) is 2.89. The third kappa shape index (κ3) is 4.60. The van der Waals surface area contributed by atoms with Crippen molar-refractivity contribution in [2.45, 2.75) is 32.9 Å². The van der Waals surface area contributed by atoms with Gasteiger partial charge in [-0.15, -0.1) is 0 Å². The van der Waals surface area contributed by atoms with Gasteiger partial charge in [-0.25, -0.2) is 4.79 Å². The molecule has 22 heavy (non-hydrogen) atoms. The van der Waals surface area contributed by atoms with Gasteiger partial charge in [0.15, 0.2) is 0 Å². The van der Waals surface area contributed by atoms with Crippen LogP contribution < -0.4 is 10.6 Å². The summed E-state index contributed by atoms with van der Waals surface area (Å²) in [7, 11) is 0. The van der Waals surface area contributed by atoms with Crippen LogP contribution in [0.3, 0.4) is 0 Å². The molecule has 0 aliphatic rings. The Kier molecular flexibility index (Phi) is 4.83. The standard InChI is InChI=1S/C18H22N2O2/c1-13-4-10-16(11-5-13)20-17(21)19-12-14-6-8-15(9-7-14)18(2,3)22/h4-11,22H,12H2,1-3H3,(H2,19,20,21). The van der Waals surface area contributed by atoms with Crippen molar-refractivity contribution in [3.05, 3.63) is 65.2 Å². The van der Waals surface area contributed by atoms with E-state index >= 15 is 0 Å². The molecule has 0 saturated heterocycles. The zero-order chi connectivity index (χ0) is 16.2. The quantitative estimate of drug-likeness (QED) is 0.808. The third-order valence-corrected chi connectivity index (χ3v) is 3.42. The topological polar surface area (TPSA) is 61.4 Å². The van der Waals surface area contributed by atoms with Crippen molar-refractivity contribution < 1.29 is 9.90 Å². The average Bonchev–Trinajstić information content (AvgIpc) is 2.47. The van der Waals surface area contributed by atoms with E-state index < -0.39 is 5.60 Å². The number of carbonyl (C=O) groups excluding carboxylic acids is 1. The number of amides is 2. The van der Waals surface area contributed by atoms with Crippen LogP contribution in [0.2, 0.25) is 0 Å². The molecule has 0 aliphatic heterocycles. The Balaban J connectivity index is 1.87. The molecule has 2 aromatic rings. The Hall–Kier alpha value is -2.33. The average molecular weight is 298 g/mol. The van der Waals surface area contributed by atoms with Gasteiger partial charge in [-0.3, -0.25) is 0 Å². The highest BCUT2D eigenvalue weighted by molar-refractivity contribution is 5.89. The molecule has 0 radical (unpaired) electrons. The highest BCUT2D eigenvalue weighted by Gasteiger charge is 2.15. The molecule has 0 atom stereocenters. The van der Waals surface area contributed by atoms with E-state index in [1.165, 1.54) is 0 Å². The van der Waals surface area contributed by atoms with E-state index in [4.69, 9.17) is 0 Å². The maximum absolute atomic E-state index is 11.8. The summed E-state index contributed by atoms with van der Waals surface area (Å²) >= 11 is 0. The van der Waals surface area contributed by atoms with E-state index in [0.29, 0.717) is 6.54 Å². The predicted octanol–water partition coefficient (Wildman–Crippen LogP) is 3.54. The number of hydrogen-bond acceptors (Lipinski definition) is 2. The van der Waals surface area contributed by atoms with Crippen LogP contribution in [-0.2, 0) is 12.1 Å². The summed E-state index contributed by atoms with van der Waals surface area (Å²) in [4.78, 5) is 11.8. The largest absolute Gasteiger partial charge is 0.386 e. The Morgan fingerprint density at radius 1 is 1.05 bits per heavy atom. The molecule has 0 unspecified atom stereocenters. The maximum Gasteiger partial charge on any atom is 0.319 e. The number of carbonyl (C=O) groups is 1. The molecule has 0 aromatic heterocycles. The van der Waals surface area contributed by atoms with Crippen molar-refractivity contribution in [3.63, 3.8) is 0 Å². The number of urea groups is 1. The first-order chi connectivity index (χ1) is 10.3. The van der Waals surface area contributed by atoms with Gasteiger partial charge in [-0.1, -0.05) is 42.0 Å². The lowest BCUT2D eigenvalue weighted by Crippen LogP contribution is -2.28. The first-order valence-corrected chi connectivity index (χ1v) is 7.28. The summed E-state index contributed by atoms with van der Waals surface area (Å²) in [5.74, 6) is 0. The maximum atomic E-state index is 11.8. The Labute approximate surface area is 131 Å². The summed E-state index contributed by atoms with van der Waals surface area (Å²) in [5, 5.41) is 15.5. The molecule has 2 amide bonds. The Morgan fingerprint density at radius 2 is 1.64 bits per heavy atom. The number of nitrogens with one attached hydrogen (secondary N) is 2. The molecular weight excluding hydrogens is 276 g/mol. The van der Waals surface area contributed by atoms with Crippen LogP contribution in [0, 0.1) is 6.92 Å². The minimum Gasteiger partial charge on any atom is -0.386 e. The smallest absolute Gasteiger partial charge is 0.319 e. The second-order valence-electron chi connectivity index (χ2n) is 5.93. The van der Waals surface area contributed by atoms with E-state index in [1.54, 1.807) is 13.8 Å². The van der Waals surface area contributed by atoms with Crippen LogP contribution >= 0.6 is 0 Å². The van der Waals surface area contributed by atoms with Crippen LogP contribution in [-0.4, -0.2) is 11.1 Å². The highest BCUT2D eigenvalue weighted by Crippen LogP contribution is 2.19. The van der Waals surface area contributed by atoms with Crippen LogP contribution in [0.25, 0.3) is 0 Å². The molecule has 0 bridgehead atoms. The monoisotopic (exact) mass is 298 g/mol. The van der Waals surface area contributed by atoms with Gasteiger partial charge in [0.2, 0.25) is 0 Å². The second-order valence-corrected chi connectivity index (χ2v) is 5.93. The number of aliphatic hydroxyl groups is 1. The van der Waals surface area contributed by atoms with Crippen molar-refractivity contribution in [2.75, 3.05) is 5.32 Å². The van der Waals surface area contributed by atoms with E-state index in [1.807, 2.05) is 55.5 Å². The van der Waals surface area contributed by atoms with Gasteiger partial charge >= 0.3 is 6.03 Å². The van der Waals surface area contributed by atoms with Crippen LogP contribution in [0.15, 0.2) is 48.5 Å². The molecule has 3 N–H and O–H groups in total. The van der Waals surface area contributed by atoms with Crippen LogP contribution in [0.1, 0.15) is 30.5 Å². The summed E-state index contributed by atoms with van der Waals surface area (Å²) in [6, 6.07) is 14.9. The molecule has 116 valence electrons. The van der Waals surface area contributed by atoms with E-state index in [-0.39, 0.29) is 6.03 Å². The molecule has 2 aromatic carbocycles. The first kappa shape index (κ1) is 16.0. The van der Waals surface area contributed by atoms with Gasteiger partial charge in [0.05, 0.1) is 5.60 Å². The fourth-order valence-electron chi connectivity index (χ4n) is 2.02. The molecular formula is C18H22N2O2. The predicted molar refractivity (Wildman–Crippen MR) is 88.7 cm³/mol. The lowest BCUT2D eigenvalue weighted by Gasteiger charge is -2.18. The normalized spacial score (nSPS) is 11.1. The van der Waals surface area contributed by atoms with Gasteiger partial charge in [-0.2, -0.15) is 0 Å². The number of hydrogen-bond donors (Lipinski definition) is 3. The second kappa shape index (κ2) is 6.62. The Morgan fingerprint density at radius 3 is 2.18 bits per heavy atom. The first-order valence-electron chi connectivity index (χ1n) is 7.28. The molecule has 4 heteroatoms. The van der Waals surface area contributed by atoms with Crippen LogP contribution in [0.5, 0.6) is 0 Å². The van der Waals surface area contributed by atoms with E-state index in [0.717, 1.165) is 22.4 Å². The van der Waals surface area contributed by atoms with Crippen LogP contribution in [0.4, 0.5) is 10.5 Å². The lowest BCUT2D eigenvalue weighted by atomic mass is 9.97. The molecule has 0 heterocycles. The number of anilines is 1. The van der Waals surface area contributed by atoms with Crippen molar-refractivity contribution in [3.8, 4) is 0 Å². The van der Waals surface area contributed by atoms with Gasteiger partial charge in [0, 0.05) is 12.2 Å². The van der Waals surface area contributed by atoms with Gasteiger partial charge in [0.1, 0.15) is 0 Å². The molecule has 2 rings (SSSR count). The summed E-state index contributed by atoms with van der Waals surface area (Å²) in [6.07, 6.45) is 0. The highest BCUT2D eigenvalue weighted by atomic mass is 16.3.